The summed E-state index contributed by atoms with van der Waals surface area (Å²) in [7, 11) is 1.58. The van der Waals surface area contributed by atoms with Crippen molar-refractivity contribution in [3.05, 3.63) is 65.7 Å². The Bertz CT molecular complexity index is 1090. The largest absolute Gasteiger partial charge is 0.497 e. The highest BCUT2D eigenvalue weighted by Crippen LogP contribution is 2.44. The molecule has 3 fully saturated rings. The van der Waals surface area contributed by atoms with Crippen LogP contribution < -0.4 is 4.74 Å². The zero-order valence-electron chi connectivity index (χ0n) is 20.4. The van der Waals surface area contributed by atoms with Crippen LogP contribution >= 0.6 is 0 Å². The predicted molar refractivity (Wildman–Crippen MR) is 133 cm³/mol. The average Bonchev–Trinajstić information content (AvgIpc) is 3.51. The predicted octanol–water partition coefficient (Wildman–Crippen LogP) is 4.43. The summed E-state index contributed by atoms with van der Waals surface area (Å²) in [6.45, 7) is 1.34. The Labute approximate surface area is 207 Å². The summed E-state index contributed by atoms with van der Waals surface area (Å²) in [6.07, 6.45) is 5.64. The van der Waals surface area contributed by atoms with Gasteiger partial charge in [0.1, 0.15) is 5.75 Å². The Hall–Kier alpha value is -3.15. The molecule has 5 rings (SSSR count). The van der Waals surface area contributed by atoms with Gasteiger partial charge in [-0.25, -0.2) is 0 Å². The van der Waals surface area contributed by atoms with Crippen LogP contribution in [0, 0.1) is 0 Å². The first-order valence-corrected chi connectivity index (χ1v) is 12.9. The molecule has 3 amide bonds. The van der Waals surface area contributed by atoms with Crippen LogP contribution in [0.1, 0.15) is 68.4 Å². The van der Waals surface area contributed by atoms with Crippen LogP contribution in [-0.4, -0.2) is 53.8 Å². The molecule has 0 spiro atoms. The Morgan fingerprint density at radius 3 is 2.37 bits per heavy atom. The van der Waals surface area contributed by atoms with E-state index in [2.05, 4.69) is 24.3 Å². The lowest BCUT2D eigenvalue weighted by Gasteiger charge is -2.35. The van der Waals surface area contributed by atoms with Gasteiger partial charge < -0.3 is 9.64 Å². The summed E-state index contributed by atoms with van der Waals surface area (Å²) < 4.78 is 5.42. The van der Waals surface area contributed by atoms with E-state index >= 15 is 0 Å². The minimum absolute atomic E-state index is 0.0178. The summed E-state index contributed by atoms with van der Waals surface area (Å²) >= 11 is 0. The second-order valence-electron chi connectivity index (χ2n) is 10.2. The van der Waals surface area contributed by atoms with Gasteiger partial charge in [-0.3, -0.25) is 19.3 Å². The molecule has 2 heterocycles. The topological polar surface area (TPSA) is 66.9 Å². The molecule has 184 valence electrons. The first-order chi connectivity index (χ1) is 17.0. The van der Waals surface area contributed by atoms with Crippen molar-refractivity contribution < 1.29 is 19.1 Å². The number of piperidine rings is 1. The molecule has 2 saturated heterocycles. The number of ether oxygens (including phenoxy) is 1. The van der Waals surface area contributed by atoms with Gasteiger partial charge in [0.05, 0.1) is 12.5 Å². The number of carbonyl (C=O) groups is 3. The molecule has 0 aromatic heterocycles. The van der Waals surface area contributed by atoms with Crippen molar-refractivity contribution in [2.45, 2.75) is 68.7 Å². The van der Waals surface area contributed by atoms with Gasteiger partial charge in [-0.2, -0.15) is 0 Å². The van der Waals surface area contributed by atoms with E-state index in [0.29, 0.717) is 30.3 Å². The minimum Gasteiger partial charge on any atom is -0.497 e. The van der Waals surface area contributed by atoms with Crippen LogP contribution in [0.4, 0.5) is 0 Å². The van der Waals surface area contributed by atoms with Crippen LogP contribution in [0.5, 0.6) is 5.75 Å². The highest BCUT2D eigenvalue weighted by Gasteiger charge is 2.56. The molecule has 35 heavy (non-hydrogen) atoms. The molecule has 2 aromatic carbocycles. The number of methoxy groups -OCH3 is 1. The van der Waals surface area contributed by atoms with E-state index in [1.165, 1.54) is 10.5 Å². The lowest BCUT2D eigenvalue weighted by atomic mass is 9.75. The van der Waals surface area contributed by atoms with E-state index < -0.39 is 5.41 Å². The Morgan fingerprint density at radius 2 is 1.69 bits per heavy atom. The van der Waals surface area contributed by atoms with Crippen LogP contribution in [0.25, 0.3) is 0 Å². The molecule has 0 bridgehead atoms. The fourth-order valence-corrected chi connectivity index (χ4v) is 6.24. The number of carbonyl (C=O) groups excluding carboxylic acids is 3. The van der Waals surface area contributed by atoms with Crippen LogP contribution in [-0.2, 0) is 19.8 Å². The minimum atomic E-state index is -1.17. The molecule has 6 heteroatoms. The van der Waals surface area contributed by atoms with Crippen LogP contribution in [0.15, 0.2) is 54.6 Å². The molecule has 2 aliphatic heterocycles. The second-order valence-corrected chi connectivity index (χ2v) is 10.2. The highest BCUT2D eigenvalue weighted by atomic mass is 16.5. The standard InChI is InChI=1S/C29H34N2O4/c1-35-25-13-7-10-23(18-25)29(20-27(33)31(28(29)34)24-11-5-6-12-24)19-26(32)30-16-14-22(15-17-30)21-8-3-2-4-9-21/h2-4,7-10,13,18,22,24H,5-6,11-12,14-17,19-20H2,1H3. The first-order valence-electron chi connectivity index (χ1n) is 12.9. The van der Waals surface area contributed by atoms with E-state index in [1.54, 1.807) is 7.11 Å². The summed E-state index contributed by atoms with van der Waals surface area (Å²) in [5, 5.41) is 0. The number of benzene rings is 2. The number of imide groups is 1. The van der Waals surface area contributed by atoms with Gasteiger partial charge in [0.25, 0.3) is 0 Å². The second kappa shape index (κ2) is 9.84. The zero-order valence-corrected chi connectivity index (χ0v) is 20.4. The molecular weight excluding hydrogens is 440 g/mol. The molecule has 1 atom stereocenters. The highest BCUT2D eigenvalue weighted by molar-refractivity contribution is 6.11. The molecule has 1 unspecified atom stereocenters. The van der Waals surface area contributed by atoms with Crippen molar-refractivity contribution in [3.8, 4) is 5.75 Å². The van der Waals surface area contributed by atoms with Gasteiger partial charge in [0.15, 0.2) is 0 Å². The molecule has 2 aromatic rings. The zero-order chi connectivity index (χ0) is 24.4. The maximum Gasteiger partial charge on any atom is 0.241 e. The molecule has 1 saturated carbocycles. The third-order valence-electron chi connectivity index (χ3n) is 8.23. The van der Waals surface area contributed by atoms with E-state index in [-0.39, 0.29) is 36.6 Å². The van der Waals surface area contributed by atoms with Crippen molar-refractivity contribution in [2.24, 2.45) is 0 Å². The summed E-state index contributed by atoms with van der Waals surface area (Å²) in [5.41, 5.74) is 0.848. The average molecular weight is 475 g/mol. The van der Waals surface area contributed by atoms with E-state index in [4.69, 9.17) is 4.74 Å². The lowest BCUT2D eigenvalue weighted by molar-refractivity contribution is -0.145. The normalized spacial score (nSPS) is 23.8. The maximum absolute atomic E-state index is 14.0. The van der Waals surface area contributed by atoms with Crippen LogP contribution in [0.3, 0.4) is 0 Å². The maximum atomic E-state index is 14.0. The number of likely N-dealkylation sites (tertiary alicyclic amines) is 2. The van der Waals surface area contributed by atoms with Crippen LogP contribution in [0.2, 0.25) is 0 Å². The van der Waals surface area contributed by atoms with Gasteiger partial charge >= 0.3 is 0 Å². The number of nitrogens with zero attached hydrogens (tertiary/aromatic N) is 2. The van der Waals surface area contributed by atoms with Gasteiger partial charge in [0.2, 0.25) is 17.7 Å². The fraction of sp³-hybridized carbons (Fsp3) is 0.483. The van der Waals surface area contributed by atoms with Crippen molar-refractivity contribution in [2.75, 3.05) is 20.2 Å². The van der Waals surface area contributed by atoms with E-state index in [1.807, 2.05) is 35.2 Å². The van der Waals surface area contributed by atoms with E-state index in [9.17, 15) is 14.4 Å². The molecule has 0 radical (unpaired) electrons. The third kappa shape index (κ3) is 4.46. The number of hydrogen-bond donors (Lipinski definition) is 0. The molecule has 6 nitrogen and oxygen atoms in total. The Morgan fingerprint density at radius 1 is 0.971 bits per heavy atom. The third-order valence-corrected chi connectivity index (χ3v) is 8.23. The van der Waals surface area contributed by atoms with Gasteiger partial charge in [0, 0.05) is 32.0 Å². The fourth-order valence-electron chi connectivity index (χ4n) is 6.24. The van der Waals surface area contributed by atoms with E-state index in [0.717, 1.165) is 38.5 Å². The summed E-state index contributed by atoms with van der Waals surface area (Å²) in [6, 6.07) is 17.7. The first kappa shape index (κ1) is 23.6. The monoisotopic (exact) mass is 474 g/mol. The van der Waals surface area contributed by atoms with Crippen molar-refractivity contribution in [1.29, 1.82) is 0 Å². The summed E-state index contributed by atoms with van der Waals surface area (Å²) in [4.78, 5) is 44.2. The van der Waals surface area contributed by atoms with Gasteiger partial charge in [-0.15, -0.1) is 0 Å². The number of hydrogen-bond acceptors (Lipinski definition) is 4. The summed E-state index contributed by atoms with van der Waals surface area (Å²) in [5.74, 6) is 0.655. The SMILES string of the molecule is COc1cccc(C2(CC(=O)N3CCC(c4ccccc4)CC3)CC(=O)N(C3CCCC3)C2=O)c1. The molecule has 0 N–H and O–H groups in total. The quantitative estimate of drug-likeness (QED) is 0.581. The lowest BCUT2D eigenvalue weighted by Crippen LogP contribution is -2.47. The number of rotatable bonds is 6. The van der Waals surface area contributed by atoms with Crippen molar-refractivity contribution in [3.63, 3.8) is 0 Å². The van der Waals surface area contributed by atoms with Crippen molar-refractivity contribution in [1.82, 2.24) is 9.80 Å². The molecular formula is C29H34N2O4. The Balaban J connectivity index is 1.38. The molecule has 1 aliphatic carbocycles. The Kier molecular flexibility index (Phi) is 6.63. The smallest absolute Gasteiger partial charge is 0.241 e. The van der Waals surface area contributed by atoms with Gasteiger partial charge in [-0.05, 0) is 54.9 Å². The van der Waals surface area contributed by atoms with Gasteiger partial charge in [-0.1, -0.05) is 55.3 Å². The number of amides is 3. The molecule has 3 aliphatic rings. The van der Waals surface area contributed by atoms with Crippen molar-refractivity contribution >= 4 is 17.7 Å².